The quantitative estimate of drug-likeness (QED) is 0.456. The lowest BCUT2D eigenvalue weighted by molar-refractivity contribution is 0.445. The van der Waals surface area contributed by atoms with Crippen molar-refractivity contribution in [1.82, 2.24) is 19.1 Å². The Morgan fingerprint density at radius 2 is 1.93 bits per heavy atom. The molecule has 152 valence electrons. The van der Waals surface area contributed by atoms with Gasteiger partial charge in [-0.15, -0.1) is 16.1 Å². The fraction of sp³-hybridized carbons (Fsp3) is 0.500. The van der Waals surface area contributed by atoms with Gasteiger partial charge < -0.3 is 4.57 Å². The molecule has 0 saturated carbocycles. The summed E-state index contributed by atoms with van der Waals surface area (Å²) < 4.78 is 29.3. The summed E-state index contributed by atoms with van der Waals surface area (Å²) in [4.78, 5) is 0.277. The fourth-order valence-corrected chi connectivity index (χ4v) is 5.09. The highest BCUT2D eigenvalue weighted by atomic mass is 32.2. The molecule has 0 unspecified atom stereocenters. The fourth-order valence-electron chi connectivity index (χ4n) is 2.82. The second kappa shape index (κ2) is 10.1. The Labute approximate surface area is 172 Å². The lowest BCUT2D eigenvalue weighted by Crippen LogP contribution is -2.30. The van der Waals surface area contributed by atoms with Crippen molar-refractivity contribution in [2.45, 2.75) is 51.2 Å². The van der Waals surface area contributed by atoms with Gasteiger partial charge in [0.15, 0.2) is 11.0 Å². The number of thioether (sulfide) groups is 1. The maximum atomic E-state index is 12.9. The van der Waals surface area contributed by atoms with Gasteiger partial charge in [-0.3, -0.25) is 0 Å². The van der Waals surface area contributed by atoms with Crippen LogP contribution >= 0.6 is 11.8 Å². The lowest BCUT2D eigenvalue weighted by Gasteiger charge is -2.19. The minimum Gasteiger partial charge on any atom is -0.302 e. The molecule has 1 heterocycles. The first kappa shape index (κ1) is 22.5. The highest BCUT2D eigenvalue weighted by molar-refractivity contribution is 7.99. The molecule has 0 N–H and O–H groups in total. The van der Waals surface area contributed by atoms with E-state index < -0.39 is 10.0 Å². The van der Waals surface area contributed by atoms with Crippen LogP contribution in [0.2, 0.25) is 0 Å². The maximum Gasteiger partial charge on any atom is 0.243 e. The summed E-state index contributed by atoms with van der Waals surface area (Å²) in [6, 6.07) is 6.96. The molecular weight excluding hydrogens is 392 g/mol. The monoisotopic (exact) mass is 420 g/mol. The van der Waals surface area contributed by atoms with Crippen molar-refractivity contribution in [1.29, 1.82) is 0 Å². The largest absolute Gasteiger partial charge is 0.302 e. The topological polar surface area (TPSA) is 68.1 Å². The molecular formula is C20H28N4O2S2. The molecule has 0 aliphatic carbocycles. The van der Waals surface area contributed by atoms with Crippen molar-refractivity contribution in [2.75, 3.05) is 18.8 Å². The minimum atomic E-state index is -3.53. The highest BCUT2D eigenvalue weighted by Gasteiger charge is 2.23. The van der Waals surface area contributed by atoms with Gasteiger partial charge in [0, 0.05) is 25.2 Å². The molecule has 0 aliphatic rings. The first-order chi connectivity index (χ1) is 13.3. The second-order valence-electron chi connectivity index (χ2n) is 6.64. The second-order valence-corrected chi connectivity index (χ2v) is 9.52. The van der Waals surface area contributed by atoms with Crippen molar-refractivity contribution < 1.29 is 8.42 Å². The van der Waals surface area contributed by atoms with Crippen LogP contribution in [0, 0.1) is 17.8 Å². The molecule has 0 aliphatic heterocycles. The summed E-state index contributed by atoms with van der Waals surface area (Å²) in [6.07, 6.45) is 0. The zero-order valence-corrected chi connectivity index (χ0v) is 18.8. The summed E-state index contributed by atoms with van der Waals surface area (Å²) in [5.41, 5.74) is 0.745. The molecule has 2 rings (SSSR count). The molecule has 0 spiro atoms. The molecule has 8 heteroatoms. The highest BCUT2D eigenvalue weighted by Crippen LogP contribution is 2.27. The van der Waals surface area contributed by atoms with E-state index in [2.05, 4.69) is 40.5 Å². The lowest BCUT2D eigenvalue weighted by atomic mass is 10.2. The van der Waals surface area contributed by atoms with E-state index >= 15 is 0 Å². The molecule has 2 aromatic rings. The number of sulfonamides is 1. The third-order valence-electron chi connectivity index (χ3n) is 4.15. The van der Waals surface area contributed by atoms with Crippen LogP contribution in [0.1, 0.15) is 34.6 Å². The van der Waals surface area contributed by atoms with Crippen LogP contribution in [0.25, 0.3) is 11.4 Å². The van der Waals surface area contributed by atoms with E-state index in [1.807, 2.05) is 26.8 Å². The van der Waals surface area contributed by atoms with Crippen LogP contribution in [-0.4, -0.2) is 46.3 Å². The first-order valence-corrected chi connectivity index (χ1v) is 11.8. The molecule has 0 atom stereocenters. The Bertz CT molecular complexity index is 952. The van der Waals surface area contributed by atoms with Crippen LogP contribution in [0.4, 0.5) is 0 Å². The van der Waals surface area contributed by atoms with Crippen LogP contribution in [0.15, 0.2) is 34.3 Å². The SMILES string of the molecule is CC#CCSc1nnc(-c2cccc(S(=O)(=O)N(CC)CC)c2)n1CC(C)C. The Hall–Kier alpha value is -1.82. The first-order valence-electron chi connectivity index (χ1n) is 9.41. The van der Waals surface area contributed by atoms with E-state index in [-0.39, 0.29) is 4.90 Å². The average molecular weight is 421 g/mol. The molecule has 0 fully saturated rings. The van der Waals surface area contributed by atoms with Crippen molar-refractivity contribution in [3.05, 3.63) is 24.3 Å². The van der Waals surface area contributed by atoms with Crippen molar-refractivity contribution in [2.24, 2.45) is 5.92 Å². The predicted octanol–water partition coefficient (Wildman–Crippen LogP) is 3.75. The van der Waals surface area contributed by atoms with Crippen molar-refractivity contribution >= 4 is 21.8 Å². The number of hydrogen-bond donors (Lipinski definition) is 0. The van der Waals surface area contributed by atoms with Gasteiger partial charge in [-0.05, 0) is 25.0 Å². The molecule has 0 bridgehead atoms. The number of nitrogens with zero attached hydrogens (tertiary/aromatic N) is 4. The van der Waals surface area contributed by atoms with Gasteiger partial charge in [0.25, 0.3) is 0 Å². The summed E-state index contributed by atoms with van der Waals surface area (Å²) >= 11 is 1.54. The van der Waals surface area contributed by atoms with Crippen LogP contribution in [0.3, 0.4) is 0 Å². The average Bonchev–Trinajstić information content (AvgIpc) is 3.05. The molecule has 0 amide bonds. The Morgan fingerprint density at radius 3 is 2.54 bits per heavy atom. The van der Waals surface area contributed by atoms with E-state index in [0.29, 0.717) is 30.6 Å². The third-order valence-corrected chi connectivity index (χ3v) is 7.04. The van der Waals surface area contributed by atoms with Gasteiger partial charge in [-0.2, -0.15) is 4.31 Å². The summed E-state index contributed by atoms with van der Waals surface area (Å²) in [7, 11) is -3.53. The van der Waals surface area contributed by atoms with Gasteiger partial charge in [-0.25, -0.2) is 8.42 Å². The van der Waals surface area contributed by atoms with Gasteiger partial charge >= 0.3 is 0 Å². The number of rotatable bonds is 9. The van der Waals surface area contributed by atoms with Gasteiger partial charge in [0.2, 0.25) is 10.0 Å². The number of hydrogen-bond acceptors (Lipinski definition) is 5. The minimum absolute atomic E-state index is 0.277. The van der Waals surface area contributed by atoms with E-state index in [1.54, 1.807) is 30.0 Å². The van der Waals surface area contributed by atoms with Crippen LogP contribution in [0.5, 0.6) is 0 Å². The molecule has 28 heavy (non-hydrogen) atoms. The van der Waals surface area contributed by atoms with E-state index in [9.17, 15) is 8.42 Å². The normalized spacial score (nSPS) is 11.7. The Morgan fingerprint density at radius 1 is 1.21 bits per heavy atom. The van der Waals surface area contributed by atoms with E-state index in [1.165, 1.54) is 4.31 Å². The molecule has 1 aromatic carbocycles. The Balaban J connectivity index is 2.48. The molecule has 6 nitrogen and oxygen atoms in total. The van der Waals surface area contributed by atoms with E-state index in [0.717, 1.165) is 17.3 Å². The predicted molar refractivity (Wildman–Crippen MR) is 115 cm³/mol. The zero-order valence-electron chi connectivity index (χ0n) is 17.1. The van der Waals surface area contributed by atoms with Gasteiger partial charge in [-0.1, -0.05) is 57.5 Å². The summed E-state index contributed by atoms with van der Waals surface area (Å²) in [5.74, 6) is 7.63. The standard InChI is InChI=1S/C20H28N4O2S2/c1-6-9-13-27-20-22-21-19(24(20)15-16(4)5)17-11-10-12-18(14-17)28(25,26)23(7-2)8-3/h10-12,14,16H,7-8,13,15H2,1-5H3. The zero-order chi connectivity index (χ0) is 20.7. The third kappa shape index (κ3) is 5.16. The number of aromatic nitrogens is 3. The van der Waals surface area contributed by atoms with Gasteiger partial charge in [0.1, 0.15) is 0 Å². The maximum absolute atomic E-state index is 12.9. The summed E-state index contributed by atoms with van der Waals surface area (Å²) in [5, 5.41) is 9.48. The molecule has 0 radical (unpaired) electrons. The smallest absolute Gasteiger partial charge is 0.243 e. The van der Waals surface area contributed by atoms with Crippen LogP contribution < -0.4 is 0 Å². The molecule has 1 aromatic heterocycles. The number of benzene rings is 1. The van der Waals surface area contributed by atoms with Crippen molar-refractivity contribution in [3.8, 4) is 23.2 Å². The Kier molecular flexibility index (Phi) is 8.10. The molecule has 0 saturated heterocycles. The van der Waals surface area contributed by atoms with Crippen LogP contribution in [-0.2, 0) is 16.6 Å². The summed E-state index contributed by atoms with van der Waals surface area (Å²) in [6.45, 7) is 11.4. The van der Waals surface area contributed by atoms with Crippen molar-refractivity contribution in [3.63, 3.8) is 0 Å². The van der Waals surface area contributed by atoms with E-state index in [4.69, 9.17) is 0 Å². The van der Waals surface area contributed by atoms with Gasteiger partial charge in [0.05, 0.1) is 10.6 Å².